The number of hydrogen-bond donors (Lipinski definition) is 2. The van der Waals surface area contributed by atoms with Gasteiger partial charge in [-0.15, -0.1) is 0 Å². The van der Waals surface area contributed by atoms with E-state index in [1.807, 2.05) is 30.3 Å². The Morgan fingerprint density at radius 2 is 1.94 bits per heavy atom. The first-order valence-corrected chi connectivity index (χ1v) is 7.92. The molecular weight excluding hydrogens is 250 g/mol. The predicted molar refractivity (Wildman–Crippen MR) is 70.5 cm³/mol. The third-order valence-electron chi connectivity index (χ3n) is 3.20. The van der Waals surface area contributed by atoms with Gasteiger partial charge in [-0.05, 0) is 17.9 Å². The zero-order chi connectivity index (χ0) is 13.0. The second-order valence-electron chi connectivity index (χ2n) is 4.81. The van der Waals surface area contributed by atoms with Gasteiger partial charge in [-0.1, -0.05) is 43.2 Å². The molecule has 0 heterocycles. The quantitative estimate of drug-likeness (QED) is 0.787. The molecule has 0 aromatic heterocycles. The molecule has 5 heteroatoms. The second kappa shape index (κ2) is 5.82. The Hall–Kier alpha value is -0.910. The minimum absolute atomic E-state index is 0.154. The van der Waals surface area contributed by atoms with Gasteiger partial charge in [-0.2, -0.15) is 0 Å². The maximum absolute atomic E-state index is 11.9. The second-order valence-corrected chi connectivity index (χ2v) is 6.69. The van der Waals surface area contributed by atoms with Gasteiger partial charge < -0.3 is 5.11 Å². The zero-order valence-corrected chi connectivity index (χ0v) is 11.1. The van der Waals surface area contributed by atoms with Crippen molar-refractivity contribution >= 4 is 10.0 Å². The number of hydrogen-bond acceptors (Lipinski definition) is 3. The molecule has 1 atom stereocenters. The van der Waals surface area contributed by atoms with Crippen molar-refractivity contribution in [2.75, 3.05) is 12.4 Å². The van der Waals surface area contributed by atoms with Crippen LogP contribution in [0.5, 0.6) is 0 Å². The van der Waals surface area contributed by atoms with Crippen molar-refractivity contribution in [2.24, 2.45) is 5.92 Å². The van der Waals surface area contributed by atoms with E-state index in [9.17, 15) is 13.5 Å². The van der Waals surface area contributed by atoms with Crippen molar-refractivity contribution in [3.63, 3.8) is 0 Å². The molecule has 0 aliphatic heterocycles. The molecule has 0 bridgehead atoms. The van der Waals surface area contributed by atoms with Crippen molar-refractivity contribution in [3.05, 3.63) is 35.9 Å². The summed E-state index contributed by atoms with van der Waals surface area (Å²) in [5.74, 6) is 0.743. The number of aliphatic hydroxyl groups excluding tert-OH is 1. The lowest BCUT2D eigenvalue weighted by Crippen LogP contribution is -2.32. The van der Waals surface area contributed by atoms with Crippen molar-refractivity contribution in [1.29, 1.82) is 0 Å². The average Bonchev–Trinajstić information content (AvgIpc) is 3.19. The Balaban J connectivity index is 1.96. The molecule has 1 unspecified atom stereocenters. The number of sulfonamides is 1. The number of rotatable bonds is 7. The molecule has 1 saturated carbocycles. The summed E-state index contributed by atoms with van der Waals surface area (Å²) in [4.78, 5) is 0. The maximum Gasteiger partial charge on any atom is 0.212 e. The highest BCUT2D eigenvalue weighted by molar-refractivity contribution is 7.89. The molecule has 1 aliphatic carbocycles. The highest BCUT2D eigenvalue weighted by Crippen LogP contribution is 2.32. The molecule has 0 radical (unpaired) electrons. The number of nitrogens with one attached hydrogen (secondary N) is 1. The van der Waals surface area contributed by atoms with Gasteiger partial charge >= 0.3 is 0 Å². The highest BCUT2D eigenvalue weighted by atomic mass is 32.2. The molecule has 1 fully saturated rings. The van der Waals surface area contributed by atoms with E-state index in [1.165, 1.54) is 0 Å². The monoisotopic (exact) mass is 269 g/mol. The van der Waals surface area contributed by atoms with Crippen LogP contribution in [0.4, 0.5) is 0 Å². The van der Waals surface area contributed by atoms with Crippen LogP contribution < -0.4 is 4.72 Å². The van der Waals surface area contributed by atoms with E-state index in [-0.39, 0.29) is 12.4 Å². The van der Waals surface area contributed by atoms with Gasteiger partial charge in [0.25, 0.3) is 0 Å². The lowest BCUT2D eigenvalue weighted by Gasteiger charge is -2.16. The van der Waals surface area contributed by atoms with Crippen LogP contribution in [0.2, 0.25) is 0 Å². The van der Waals surface area contributed by atoms with E-state index >= 15 is 0 Å². The Labute approximate surface area is 108 Å². The van der Waals surface area contributed by atoms with Crippen molar-refractivity contribution in [1.82, 2.24) is 4.72 Å². The topological polar surface area (TPSA) is 66.4 Å². The normalized spacial score (nSPS) is 17.6. The van der Waals surface area contributed by atoms with E-state index in [1.54, 1.807) is 0 Å². The van der Waals surface area contributed by atoms with Gasteiger partial charge in [0.2, 0.25) is 10.0 Å². The molecule has 2 N–H and O–H groups in total. The molecule has 100 valence electrons. The molecule has 1 aromatic rings. The summed E-state index contributed by atoms with van der Waals surface area (Å²) in [6, 6.07) is 8.59. The molecule has 0 saturated heterocycles. The minimum Gasteiger partial charge on any atom is -0.394 e. The van der Waals surface area contributed by atoms with Gasteiger partial charge in [0.05, 0.1) is 18.4 Å². The SMILES string of the molecule is O=S(=O)(CCC1CC1)NC(CO)c1ccccc1. The summed E-state index contributed by atoms with van der Waals surface area (Å²) < 4.78 is 26.3. The van der Waals surface area contributed by atoms with E-state index in [4.69, 9.17) is 0 Å². The summed E-state index contributed by atoms with van der Waals surface area (Å²) in [6.07, 6.45) is 3.03. The molecule has 0 amide bonds. The van der Waals surface area contributed by atoms with Crippen LogP contribution in [-0.4, -0.2) is 25.9 Å². The van der Waals surface area contributed by atoms with Crippen LogP contribution in [0, 0.1) is 5.92 Å². The van der Waals surface area contributed by atoms with Crippen LogP contribution in [0.1, 0.15) is 30.9 Å². The van der Waals surface area contributed by atoms with E-state index in [2.05, 4.69) is 4.72 Å². The first-order chi connectivity index (χ1) is 8.61. The summed E-state index contributed by atoms with van der Waals surface area (Å²) in [5.41, 5.74) is 0.787. The first-order valence-electron chi connectivity index (χ1n) is 6.26. The third kappa shape index (κ3) is 4.08. The zero-order valence-electron chi connectivity index (χ0n) is 10.2. The first kappa shape index (κ1) is 13.5. The van der Waals surface area contributed by atoms with Crippen molar-refractivity contribution < 1.29 is 13.5 Å². The summed E-state index contributed by atoms with van der Waals surface area (Å²) in [5, 5.41) is 9.31. The summed E-state index contributed by atoms with van der Waals surface area (Å²) >= 11 is 0. The Kier molecular flexibility index (Phi) is 4.37. The van der Waals surface area contributed by atoms with E-state index < -0.39 is 16.1 Å². The van der Waals surface area contributed by atoms with Gasteiger partial charge in [-0.3, -0.25) is 0 Å². The van der Waals surface area contributed by atoms with Gasteiger partial charge in [0, 0.05) is 0 Å². The average molecular weight is 269 g/mol. The minimum atomic E-state index is -3.31. The number of aliphatic hydroxyl groups is 1. The lowest BCUT2D eigenvalue weighted by molar-refractivity contribution is 0.259. The standard InChI is InChI=1S/C13H19NO3S/c15-10-13(12-4-2-1-3-5-12)14-18(16,17)9-8-11-6-7-11/h1-5,11,13-15H,6-10H2. The van der Waals surface area contributed by atoms with E-state index in [0.717, 1.165) is 24.8 Å². The third-order valence-corrected chi connectivity index (χ3v) is 4.61. The molecule has 18 heavy (non-hydrogen) atoms. The van der Waals surface area contributed by atoms with E-state index in [0.29, 0.717) is 5.92 Å². The summed E-state index contributed by atoms with van der Waals surface area (Å²) in [7, 11) is -3.31. The highest BCUT2D eigenvalue weighted by Gasteiger charge is 2.25. The Morgan fingerprint density at radius 1 is 1.28 bits per heavy atom. The van der Waals surface area contributed by atoms with Crippen LogP contribution >= 0.6 is 0 Å². The van der Waals surface area contributed by atoms with Gasteiger partial charge in [0.1, 0.15) is 0 Å². The number of benzene rings is 1. The van der Waals surface area contributed by atoms with Gasteiger partial charge in [-0.25, -0.2) is 13.1 Å². The summed E-state index contributed by atoms with van der Waals surface area (Å²) in [6.45, 7) is -0.229. The maximum atomic E-state index is 11.9. The van der Waals surface area contributed by atoms with Crippen molar-refractivity contribution in [2.45, 2.75) is 25.3 Å². The molecule has 2 rings (SSSR count). The molecule has 0 spiro atoms. The van der Waals surface area contributed by atoms with Crippen molar-refractivity contribution in [3.8, 4) is 0 Å². The van der Waals surface area contributed by atoms with Crippen LogP contribution in [0.15, 0.2) is 30.3 Å². The fourth-order valence-electron chi connectivity index (χ4n) is 1.90. The lowest BCUT2D eigenvalue weighted by atomic mass is 10.1. The fourth-order valence-corrected chi connectivity index (χ4v) is 3.31. The molecule has 1 aliphatic rings. The smallest absolute Gasteiger partial charge is 0.212 e. The predicted octanol–water partition coefficient (Wildman–Crippen LogP) is 1.44. The Morgan fingerprint density at radius 3 is 2.50 bits per heavy atom. The van der Waals surface area contributed by atoms with Crippen LogP contribution in [0.3, 0.4) is 0 Å². The molecule has 4 nitrogen and oxygen atoms in total. The van der Waals surface area contributed by atoms with Crippen LogP contribution in [0.25, 0.3) is 0 Å². The Bertz CT molecular complexity index is 468. The van der Waals surface area contributed by atoms with Gasteiger partial charge in [0.15, 0.2) is 0 Å². The molecule has 1 aromatic carbocycles. The van der Waals surface area contributed by atoms with Crippen LogP contribution in [-0.2, 0) is 10.0 Å². The largest absolute Gasteiger partial charge is 0.394 e. The molecular formula is C13H19NO3S. The fraction of sp³-hybridized carbons (Fsp3) is 0.538.